The number of carbonyl (C=O) groups is 5. The molecule has 0 aliphatic carbocycles. The molecule has 32 heavy (non-hydrogen) atoms. The summed E-state index contributed by atoms with van der Waals surface area (Å²) in [6, 6.07) is 4.35. The maximum absolute atomic E-state index is 12.7. The first-order valence-corrected chi connectivity index (χ1v) is 10.0. The third-order valence-corrected chi connectivity index (χ3v) is 4.39. The molecule has 174 valence electrons. The van der Waals surface area contributed by atoms with Crippen LogP contribution in [0.3, 0.4) is 0 Å². The van der Waals surface area contributed by atoms with E-state index < -0.39 is 48.2 Å². The highest BCUT2D eigenvalue weighted by atomic mass is 16.6. The van der Waals surface area contributed by atoms with Crippen molar-refractivity contribution in [1.82, 2.24) is 15.1 Å². The Morgan fingerprint density at radius 1 is 1.12 bits per heavy atom. The Bertz CT molecular complexity index is 874. The van der Waals surface area contributed by atoms with Gasteiger partial charge in [0.25, 0.3) is 11.8 Å². The Balaban J connectivity index is 2.16. The van der Waals surface area contributed by atoms with Crippen molar-refractivity contribution in [3.8, 4) is 0 Å². The number of alkyl carbamates (subject to hydrolysis) is 1. The lowest BCUT2D eigenvalue weighted by Crippen LogP contribution is -2.53. The molecular weight excluding hydrogens is 422 g/mol. The Morgan fingerprint density at radius 3 is 2.16 bits per heavy atom. The first kappa shape index (κ1) is 24.6. The normalized spacial score (nSPS) is 13.9. The molecule has 0 bridgehead atoms. The molecule has 1 aliphatic heterocycles. The van der Waals surface area contributed by atoms with E-state index in [0.717, 1.165) is 4.90 Å². The number of ether oxygens (including phenoxy) is 2. The van der Waals surface area contributed by atoms with E-state index in [9.17, 15) is 29.1 Å². The first-order valence-electron chi connectivity index (χ1n) is 10.0. The van der Waals surface area contributed by atoms with Crippen LogP contribution in [-0.4, -0.2) is 82.8 Å². The fourth-order valence-corrected chi connectivity index (χ4v) is 3.05. The number of nitrogens with one attached hydrogen (secondary N) is 1. The minimum atomic E-state index is -1.65. The number of carboxylic acid groups (broad SMARTS) is 1. The minimum Gasteiger partial charge on any atom is -0.480 e. The Morgan fingerprint density at radius 2 is 1.69 bits per heavy atom. The molecular formula is C21H27N3O8. The average molecular weight is 449 g/mol. The van der Waals surface area contributed by atoms with Crippen molar-refractivity contribution in [2.24, 2.45) is 0 Å². The summed E-state index contributed by atoms with van der Waals surface area (Å²) < 4.78 is 10.1. The number of carboxylic acids is 1. The summed E-state index contributed by atoms with van der Waals surface area (Å²) in [4.78, 5) is 63.2. The molecule has 1 atom stereocenters. The van der Waals surface area contributed by atoms with Crippen molar-refractivity contribution in [1.29, 1.82) is 0 Å². The Labute approximate surface area is 185 Å². The van der Waals surface area contributed by atoms with E-state index in [-0.39, 0.29) is 30.8 Å². The predicted molar refractivity (Wildman–Crippen MR) is 111 cm³/mol. The van der Waals surface area contributed by atoms with E-state index in [1.165, 1.54) is 12.1 Å². The van der Waals surface area contributed by atoms with Gasteiger partial charge in [-0.15, -0.1) is 0 Å². The molecule has 11 heteroatoms. The molecule has 4 amide bonds. The number of amides is 4. The van der Waals surface area contributed by atoms with Gasteiger partial charge in [0.05, 0.1) is 24.3 Å². The van der Waals surface area contributed by atoms with Gasteiger partial charge in [0.15, 0.2) is 6.04 Å². The van der Waals surface area contributed by atoms with Crippen molar-refractivity contribution in [3.05, 3.63) is 35.4 Å². The number of aliphatic carboxylic acids is 1. The van der Waals surface area contributed by atoms with Crippen LogP contribution >= 0.6 is 0 Å². The second-order valence-electron chi connectivity index (χ2n) is 7.95. The number of hydrogen-bond donors (Lipinski definition) is 2. The summed E-state index contributed by atoms with van der Waals surface area (Å²) in [6.45, 7) is 5.96. The van der Waals surface area contributed by atoms with Crippen molar-refractivity contribution < 1.29 is 38.6 Å². The second-order valence-corrected chi connectivity index (χ2v) is 7.95. The van der Waals surface area contributed by atoms with Gasteiger partial charge >= 0.3 is 18.2 Å². The lowest BCUT2D eigenvalue weighted by atomic mass is 10.1. The SMILES string of the molecule is CCOC(=O)N(CCNC(=O)OC(C)(C)C)CC(C(=O)O)N1C(=O)c2ccccc2C1=O. The van der Waals surface area contributed by atoms with Crippen LogP contribution in [0.4, 0.5) is 9.59 Å². The number of benzene rings is 1. The average Bonchev–Trinajstić information content (AvgIpc) is 2.94. The number of fused-ring (bicyclic) bond motifs is 1. The fraction of sp³-hybridized carbons (Fsp3) is 0.476. The van der Waals surface area contributed by atoms with E-state index in [4.69, 9.17) is 9.47 Å². The molecule has 1 unspecified atom stereocenters. The predicted octanol–water partition coefficient (Wildman–Crippen LogP) is 1.72. The smallest absolute Gasteiger partial charge is 0.409 e. The fourth-order valence-electron chi connectivity index (χ4n) is 3.05. The highest BCUT2D eigenvalue weighted by Gasteiger charge is 2.44. The third kappa shape index (κ3) is 5.96. The maximum atomic E-state index is 12.7. The zero-order chi connectivity index (χ0) is 24.1. The van der Waals surface area contributed by atoms with Crippen molar-refractivity contribution >= 4 is 30.0 Å². The molecule has 11 nitrogen and oxygen atoms in total. The van der Waals surface area contributed by atoms with Gasteiger partial charge in [-0.05, 0) is 39.8 Å². The van der Waals surface area contributed by atoms with Crippen LogP contribution in [0.2, 0.25) is 0 Å². The molecule has 0 saturated heterocycles. The first-order chi connectivity index (χ1) is 15.0. The van der Waals surface area contributed by atoms with E-state index >= 15 is 0 Å². The van der Waals surface area contributed by atoms with Gasteiger partial charge in [-0.3, -0.25) is 14.5 Å². The molecule has 0 fully saturated rings. The van der Waals surface area contributed by atoms with Gasteiger partial charge in [-0.2, -0.15) is 0 Å². The highest BCUT2D eigenvalue weighted by Crippen LogP contribution is 2.25. The quantitative estimate of drug-likeness (QED) is 0.571. The number of hydrogen-bond acceptors (Lipinski definition) is 7. The van der Waals surface area contributed by atoms with Crippen LogP contribution in [0, 0.1) is 0 Å². The van der Waals surface area contributed by atoms with Crippen molar-refractivity contribution in [3.63, 3.8) is 0 Å². The molecule has 1 aromatic carbocycles. The molecule has 0 saturated carbocycles. The van der Waals surface area contributed by atoms with E-state index in [1.807, 2.05) is 0 Å². The zero-order valence-electron chi connectivity index (χ0n) is 18.4. The number of rotatable bonds is 8. The largest absolute Gasteiger partial charge is 0.480 e. The second kappa shape index (κ2) is 10.1. The monoisotopic (exact) mass is 449 g/mol. The van der Waals surface area contributed by atoms with Crippen molar-refractivity contribution in [2.75, 3.05) is 26.2 Å². The van der Waals surface area contributed by atoms with Gasteiger partial charge < -0.3 is 24.8 Å². The standard InChI is InChI=1S/C21H27N3O8/c1-5-31-20(30)23(11-10-22-19(29)32-21(2,3)4)12-15(18(27)28)24-16(25)13-8-6-7-9-14(13)17(24)26/h6-9,15H,5,10-12H2,1-4H3,(H,22,29)(H,27,28). The van der Waals surface area contributed by atoms with E-state index in [0.29, 0.717) is 4.90 Å². The summed E-state index contributed by atoms with van der Waals surface area (Å²) in [5.74, 6) is -2.98. The van der Waals surface area contributed by atoms with Crippen LogP contribution in [0.1, 0.15) is 48.4 Å². The van der Waals surface area contributed by atoms with Crippen molar-refractivity contribution in [2.45, 2.75) is 39.3 Å². The third-order valence-electron chi connectivity index (χ3n) is 4.39. The van der Waals surface area contributed by atoms with Gasteiger partial charge in [-0.1, -0.05) is 12.1 Å². The van der Waals surface area contributed by atoms with Gasteiger partial charge in [-0.25, -0.2) is 14.4 Å². The van der Waals surface area contributed by atoms with Gasteiger partial charge in [0.2, 0.25) is 0 Å². The molecule has 2 rings (SSSR count). The molecule has 1 aliphatic rings. The van der Waals surface area contributed by atoms with Crippen LogP contribution in [-0.2, 0) is 14.3 Å². The van der Waals surface area contributed by atoms with Crippen LogP contribution in [0.25, 0.3) is 0 Å². The highest BCUT2D eigenvalue weighted by molar-refractivity contribution is 6.22. The molecule has 2 N–H and O–H groups in total. The van der Waals surface area contributed by atoms with Gasteiger partial charge in [0, 0.05) is 13.1 Å². The topological polar surface area (TPSA) is 143 Å². The Kier molecular flexibility index (Phi) is 7.79. The number of carbonyl (C=O) groups excluding carboxylic acids is 4. The van der Waals surface area contributed by atoms with Gasteiger partial charge in [0.1, 0.15) is 5.60 Å². The number of imide groups is 1. The van der Waals surface area contributed by atoms with Crippen LogP contribution in [0.5, 0.6) is 0 Å². The van der Waals surface area contributed by atoms with Crippen LogP contribution in [0.15, 0.2) is 24.3 Å². The zero-order valence-corrected chi connectivity index (χ0v) is 18.4. The van der Waals surface area contributed by atoms with E-state index in [2.05, 4.69) is 5.32 Å². The summed E-state index contributed by atoms with van der Waals surface area (Å²) in [6.07, 6.45) is -1.56. The molecule has 1 aromatic rings. The summed E-state index contributed by atoms with van der Waals surface area (Å²) in [5, 5.41) is 12.2. The number of nitrogens with zero attached hydrogens (tertiary/aromatic N) is 2. The summed E-state index contributed by atoms with van der Waals surface area (Å²) in [5.41, 5.74) is -0.527. The molecule has 1 heterocycles. The maximum Gasteiger partial charge on any atom is 0.409 e. The minimum absolute atomic E-state index is 0.0274. The summed E-state index contributed by atoms with van der Waals surface area (Å²) in [7, 11) is 0. The Hall–Kier alpha value is -3.63. The molecule has 0 aromatic heterocycles. The lowest BCUT2D eigenvalue weighted by Gasteiger charge is -2.29. The van der Waals surface area contributed by atoms with Crippen LogP contribution < -0.4 is 5.32 Å². The molecule has 0 radical (unpaired) electrons. The van der Waals surface area contributed by atoms with E-state index in [1.54, 1.807) is 39.8 Å². The summed E-state index contributed by atoms with van der Waals surface area (Å²) >= 11 is 0. The molecule has 0 spiro atoms. The lowest BCUT2D eigenvalue weighted by molar-refractivity contribution is -0.142.